The van der Waals surface area contributed by atoms with Crippen LogP contribution in [0.4, 0.5) is 10.2 Å². The maximum atomic E-state index is 13.5. The van der Waals surface area contributed by atoms with Crippen molar-refractivity contribution >= 4 is 34.8 Å². The van der Waals surface area contributed by atoms with Crippen LogP contribution in [0.2, 0.25) is 0 Å². The molecule has 3 aromatic carbocycles. The lowest BCUT2D eigenvalue weighted by Crippen LogP contribution is -2.40. The quantitative estimate of drug-likeness (QED) is 0.214. The predicted octanol–water partition coefficient (Wildman–Crippen LogP) is 7.13. The van der Waals surface area contributed by atoms with Crippen molar-refractivity contribution in [3.63, 3.8) is 0 Å². The first-order valence-electron chi connectivity index (χ1n) is 13.8. The fourth-order valence-electron chi connectivity index (χ4n) is 5.36. The van der Waals surface area contributed by atoms with Gasteiger partial charge in [-0.25, -0.2) is 9.37 Å². The second-order valence-electron chi connectivity index (χ2n) is 10.2. The van der Waals surface area contributed by atoms with Crippen LogP contribution in [0, 0.1) is 5.82 Å². The molecule has 1 atom stereocenters. The maximum absolute atomic E-state index is 13.5. The molecule has 7 nitrogen and oxygen atoms in total. The first-order valence-corrected chi connectivity index (χ1v) is 13.8. The standard InChI is InChI=1S/C34H30FN5O2/c1-2-30(41)39-20-6-7-27(22-39)40-33-25(13-10-23-11-16-26(35)17-12-23)21-37-34(36)31(33)32(38-40)24-14-18-29(19-15-24)42-28-8-4-3-5-9-28/h2-5,8-19,21,27H,1,6-7,20,22H2,(H2,36,37). The predicted molar refractivity (Wildman–Crippen MR) is 164 cm³/mol. The number of amides is 1. The molecule has 210 valence electrons. The highest BCUT2D eigenvalue weighted by atomic mass is 19.1. The van der Waals surface area contributed by atoms with E-state index in [0.717, 1.165) is 46.2 Å². The van der Waals surface area contributed by atoms with Crippen molar-refractivity contribution in [1.29, 1.82) is 0 Å². The third kappa shape index (κ3) is 5.51. The molecule has 2 aromatic heterocycles. The first kappa shape index (κ1) is 27.0. The number of aromatic nitrogens is 3. The Morgan fingerprint density at radius 2 is 1.74 bits per heavy atom. The van der Waals surface area contributed by atoms with E-state index < -0.39 is 0 Å². The van der Waals surface area contributed by atoms with Crippen LogP contribution in [0.1, 0.15) is 30.0 Å². The summed E-state index contributed by atoms with van der Waals surface area (Å²) in [6.07, 6.45) is 8.63. The summed E-state index contributed by atoms with van der Waals surface area (Å²) in [5.41, 5.74) is 10.6. The van der Waals surface area contributed by atoms with Crippen molar-refractivity contribution in [3.05, 3.63) is 115 Å². The van der Waals surface area contributed by atoms with Gasteiger partial charge in [-0.15, -0.1) is 0 Å². The van der Waals surface area contributed by atoms with Gasteiger partial charge in [0.2, 0.25) is 5.91 Å². The molecule has 42 heavy (non-hydrogen) atoms. The zero-order valence-corrected chi connectivity index (χ0v) is 23.0. The molecule has 1 aliphatic heterocycles. The number of hydrogen-bond acceptors (Lipinski definition) is 5. The fourth-order valence-corrected chi connectivity index (χ4v) is 5.36. The maximum Gasteiger partial charge on any atom is 0.246 e. The number of carbonyl (C=O) groups excluding carboxylic acids is 1. The van der Waals surface area contributed by atoms with Crippen LogP contribution in [-0.2, 0) is 4.79 Å². The normalized spacial score (nSPS) is 15.3. The van der Waals surface area contributed by atoms with Gasteiger partial charge in [-0.05, 0) is 73.0 Å². The third-order valence-electron chi connectivity index (χ3n) is 7.44. The molecule has 0 bridgehead atoms. The average molecular weight is 560 g/mol. The molecule has 1 amide bonds. The third-order valence-corrected chi connectivity index (χ3v) is 7.44. The molecule has 3 heterocycles. The molecule has 1 unspecified atom stereocenters. The van der Waals surface area contributed by atoms with Gasteiger partial charge in [0.1, 0.15) is 28.8 Å². The van der Waals surface area contributed by atoms with E-state index >= 15 is 0 Å². The Balaban J connectivity index is 1.45. The number of nitrogen functional groups attached to an aromatic ring is 1. The van der Waals surface area contributed by atoms with Gasteiger partial charge < -0.3 is 15.4 Å². The molecule has 8 heteroatoms. The van der Waals surface area contributed by atoms with Crippen LogP contribution in [0.5, 0.6) is 11.5 Å². The Morgan fingerprint density at radius 3 is 2.48 bits per heavy atom. The molecular weight excluding hydrogens is 529 g/mol. The van der Waals surface area contributed by atoms with Crippen molar-refractivity contribution in [2.75, 3.05) is 18.8 Å². The van der Waals surface area contributed by atoms with E-state index in [1.807, 2.05) is 76.3 Å². The minimum atomic E-state index is -0.289. The van der Waals surface area contributed by atoms with Gasteiger partial charge in [0.05, 0.1) is 16.9 Å². The van der Waals surface area contributed by atoms with Crippen molar-refractivity contribution in [3.8, 4) is 22.8 Å². The van der Waals surface area contributed by atoms with Gasteiger partial charge in [-0.1, -0.05) is 49.1 Å². The summed E-state index contributed by atoms with van der Waals surface area (Å²) in [5.74, 6) is 1.44. The number of piperidine rings is 1. The zero-order chi connectivity index (χ0) is 29.1. The molecule has 0 aliphatic carbocycles. The lowest BCUT2D eigenvalue weighted by molar-refractivity contribution is -0.127. The number of nitrogens with zero attached hydrogens (tertiary/aromatic N) is 4. The van der Waals surface area contributed by atoms with Gasteiger partial charge >= 0.3 is 0 Å². The Bertz CT molecular complexity index is 1760. The molecular formula is C34H30FN5O2. The van der Waals surface area contributed by atoms with Crippen molar-refractivity contribution in [1.82, 2.24) is 19.7 Å². The summed E-state index contributed by atoms with van der Waals surface area (Å²) in [6, 6.07) is 23.5. The molecule has 0 radical (unpaired) electrons. The van der Waals surface area contributed by atoms with E-state index in [9.17, 15) is 9.18 Å². The smallest absolute Gasteiger partial charge is 0.246 e. The van der Waals surface area contributed by atoms with E-state index in [1.54, 1.807) is 18.3 Å². The summed E-state index contributed by atoms with van der Waals surface area (Å²) >= 11 is 0. The highest BCUT2D eigenvalue weighted by Gasteiger charge is 2.28. The van der Waals surface area contributed by atoms with Gasteiger partial charge in [0, 0.05) is 30.4 Å². The number of benzene rings is 3. The van der Waals surface area contributed by atoms with Crippen molar-refractivity contribution in [2.24, 2.45) is 0 Å². The average Bonchev–Trinajstić information content (AvgIpc) is 3.44. The Morgan fingerprint density at radius 1 is 1.00 bits per heavy atom. The minimum Gasteiger partial charge on any atom is -0.457 e. The Labute approximate surface area is 243 Å². The lowest BCUT2D eigenvalue weighted by atomic mass is 10.0. The summed E-state index contributed by atoms with van der Waals surface area (Å²) in [5, 5.41) is 5.85. The van der Waals surface area contributed by atoms with E-state index in [0.29, 0.717) is 30.4 Å². The second kappa shape index (κ2) is 11.7. The van der Waals surface area contributed by atoms with Crippen LogP contribution in [0.15, 0.2) is 97.7 Å². The van der Waals surface area contributed by atoms with Crippen molar-refractivity contribution < 1.29 is 13.9 Å². The molecule has 0 saturated carbocycles. The number of para-hydroxylation sites is 1. The van der Waals surface area contributed by atoms with Crippen LogP contribution < -0.4 is 10.5 Å². The molecule has 1 saturated heterocycles. The molecule has 1 fully saturated rings. The van der Waals surface area contributed by atoms with Gasteiger partial charge in [0.15, 0.2) is 0 Å². The zero-order valence-electron chi connectivity index (χ0n) is 23.0. The molecule has 6 rings (SSSR count). The highest BCUT2D eigenvalue weighted by Crippen LogP contribution is 2.38. The fraction of sp³-hybridized carbons (Fsp3) is 0.147. The summed E-state index contributed by atoms with van der Waals surface area (Å²) in [7, 11) is 0. The molecule has 2 N–H and O–H groups in total. The topological polar surface area (TPSA) is 86.3 Å². The van der Waals surface area contributed by atoms with E-state index in [4.69, 9.17) is 15.6 Å². The van der Waals surface area contributed by atoms with Gasteiger partial charge in [-0.2, -0.15) is 5.10 Å². The molecule has 1 aliphatic rings. The van der Waals surface area contributed by atoms with Gasteiger partial charge in [0.25, 0.3) is 0 Å². The van der Waals surface area contributed by atoms with Crippen LogP contribution in [0.3, 0.4) is 0 Å². The van der Waals surface area contributed by atoms with Crippen LogP contribution in [0.25, 0.3) is 34.3 Å². The largest absolute Gasteiger partial charge is 0.457 e. The number of pyridine rings is 1. The number of rotatable bonds is 7. The number of fused-ring (bicyclic) bond motifs is 1. The monoisotopic (exact) mass is 559 g/mol. The SMILES string of the molecule is C=CC(=O)N1CCCC(n2nc(-c3ccc(Oc4ccccc4)cc3)c3c(N)ncc(C=Cc4ccc(F)cc4)c32)C1. The second-order valence-corrected chi connectivity index (χ2v) is 10.2. The van der Waals surface area contributed by atoms with E-state index in [2.05, 4.69) is 11.6 Å². The van der Waals surface area contributed by atoms with E-state index in [-0.39, 0.29) is 17.8 Å². The summed E-state index contributed by atoms with van der Waals surface area (Å²) < 4.78 is 21.4. The Kier molecular flexibility index (Phi) is 7.51. The lowest BCUT2D eigenvalue weighted by Gasteiger charge is -2.32. The Hall–Kier alpha value is -5.24. The van der Waals surface area contributed by atoms with Crippen molar-refractivity contribution in [2.45, 2.75) is 18.9 Å². The number of halogens is 1. The number of anilines is 1. The number of hydrogen-bond donors (Lipinski definition) is 1. The minimum absolute atomic E-state index is 0.0700. The summed E-state index contributed by atoms with van der Waals surface area (Å²) in [6.45, 7) is 4.85. The first-order chi connectivity index (χ1) is 20.5. The molecule has 5 aromatic rings. The highest BCUT2D eigenvalue weighted by molar-refractivity contribution is 6.04. The summed E-state index contributed by atoms with van der Waals surface area (Å²) in [4.78, 5) is 18.8. The number of ether oxygens (including phenoxy) is 1. The number of carbonyl (C=O) groups is 1. The van der Waals surface area contributed by atoms with E-state index in [1.165, 1.54) is 18.2 Å². The van der Waals surface area contributed by atoms with Crippen LogP contribution in [-0.4, -0.2) is 38.7 Å². The van der Waals surface area contributed by atoms with Crippen LogP contribution >= 0.6 is 0 Å². The molecule has 0 spiro atoms. The van der Waals surface area contributed by atoms with Gasteiger partial charge in [-0.3, -0.25) is 9.48 Å². The number of nitrogens with two attached hydrogens (primary N) is 1. The number of likely N-dealkylation sites (tertiary alicyclic amines) is 1.